The molecule has 3 aliphatic rings. The van der Waals surface area contributed by atoms with Crippen LogP contribution in [-0.2, 0) is 29.1 Å². The number of pyridine rings is 1. The van der Waals surface area contributed by atoms with Gasteiger partial charge < -0.3 is 14.0 Å². The third-order valence-corrected chi connectivity index (χ3v) is 9.61. The zero-order valence-electron chi connectivity index (χ0n) is 24.5. The van der Waals surface area contributed by atoms with Crippen LogP contribution >= 0.6 is 0 Å². The van der Waals surface area contributed by atoms with Gasteiger partial charge in [-0.05, 0) is 42.0 Å². The van der Waals surface area contributed by atoms with Crippen LogP contribution < -0.4 is 5.56 Å². The number of aromatic nitrogens is 2. The molecule has 0 spiro atoms. The minimum atomic E-state index is -1.47. The molecule has 2 bridgehead atoms. The number of para-hydroxylation sites is 1. The van der Waals surface area contributed by atoms with Gasteiger partial charge >= 0.3 is 6.03 Å². The SMILES string of the molecule is CN1C(=O)N(C)C(=O)C(Cc2cn(Cc3ccccc3)c3ccccc23)(CN2CC3CC(C2)c2cccc(=O)n2C3)C1=O. The maximum absolute atomic E-state index is 14.2. The summed E-state index contributed by atoms with van der Waals surface area (Å²) in [6.45, 7) is 2.80. The van der Waals surface area contributed by atoms with Crippen LogP contribution in [0.25, 0.3) is 10.9 Å². The Morgan fingerprint density at radius 1 is 0.791 bits per heavy atom. The molecule has 2 fully saturated rings. The average molecular weight is 578 g/mol. The molecule has 2 atom stereocenters. The predicted octanol–water partition coefficient (Wildman–Crippen LogP) is 3.55. The lowest BCUT2D eigenvalue weighted by molar-refractivity contribution is -0.159. The normalized spacial score (nSPS) is 21.9. The van der Waals surface area contributed by atoms with E-state index in [1.807, 2.05) is 53.1 Å². The van der Waals surface area contributed by atoms with Gasteiger partial charge in [-0.15, -0.1) is 0 Å². The second-order valence-electron chi connectivity index (χ2n) is 12.4. The fourth-order valence-electron chi connectivity index (χ4n) is 7.68. The molecule has 43 heavy (non-hydrogen) atoms. The van der Waals surface area contributed by atoms with Crippen molar-refractivity contribution in [3.8, 4) is 0 Å². The van der Waals surface area contributed by atoms with Crippen LogP contribution in [0.2, 0.25) is 0 Å². The largest absolute Gasteiger partial charge is 0.343 e. The number of rotatable bonds is 6. The van der Waals surface area contributed by atoms with Gasteiger partial charge in [0, 0.05) is 81.6 Å². The van der Waals surface area contributed by atoms with Gasteiger partial charge in [0.15, 0.2) is 0 Å². The van der Waals surface area contributed by atoms with Crippen molar-refractivity contribution in [1.29, 1.82) is 0 Å². The number of imide groups is 2. The monoisotopic (exact) mass is 577 g/mol. The summed E-state index contributed by atoms with van der Waals surface area (Å²) in [6.07, 6.45) is 3.21. The molecule has 7 rings (SSSR count). The van der Waals surface area contributed by atoms with Gasteiger partial charge in [-0.1, -0.05) is 54.6 Å². The molecule has 4 amide bonds. The molecule has 3 aliphatic heterocycles. The molecule has 220 valence electrons. The smallest absolute Gasteiger partial charge is 0.332 e. The number of benzene rings is 2. The number of carbonyl (C=O) groups excluding carboxylic acids is 3. The van der Waals surface area contributed by atoms with Crippen LogP contribution in [0.4, 0.5) is 4.79 Å². The van der Waals surface area contributed by atoms with E-state index in [1.165, 1.54) is 14.1 Å². The van der Waals surface area contributed by atoms with Crippen molar-refractivity contribution in [2.24, 2.45) is 11.3 Å². The maximum Gasteiger partial charge on any atom is 0.332 e. The number of nitrogens with zero attached hydrogens (tertiary/aromatic N) is 5. The van der Waals surface area contributed by atoms with Gasteiger partial charge in [0.05, 0.1) is 0 Å². The molecule has 2 unspecified atom stereocenters. The molecule has 9 heteroatoms. The first-order chi connectivity index (χ1) is 20.7. The topological polar surface area (TPSA) is 87.9 Å². The summed E-state index contributed by atoms with van der Waals surface area (Å²) < 4.78 is 4.05. The summed E-state index contributed by atoms with van der Waals surface area (Å²) >= 11 is 0. The molecule has 2 saturated heterocycles. The van der Waals surface area contributed by atoms with E-state index in [9.17, 15) is 19.2 Å². The molecule has 4 aromatic rings. The number of piperidine rings is 1. The second kappa shape index (κ2) is 10.3. The number of amides is 4. The van der Waals surface area contributed by atoms with Crippen LogP contribution in [-0.4, -0.2) is 75.4 Å². The van der Waals surface area contributed by atoms with Crippen molar-refractivity contribution >= 4 is 28.7 Å². The Bertz CT molecular complexity index is 1780. The number of hydrogen-bond acceptors (Lipinski definition) is 5. The van der Waals surface area contributed by atoms with E-state index in [2.05, 4.69) is 33.9 Å². The molecule has 9 nitrogen and oxygen atoms in total. The summed E-state index contributed by atoms with van der Waals surface area (Å²) in [7, 11) is 2.93. The van der Waals surface area contributed by atoms with Crippen molar-refractivity contribution in [3.05, 3.63) is 106 Å². The van der Waals surface area contributed by atoms with E-state index in [-0.39, 0.29) is 30.4 Å². The quantitative estimate of drug-likeness (QED) is 0.327. The van der Waals surface area contributed by atoms with Gasteiger partial charge in [-0.3, -0.25) is 24.2 Å². The van der Waals surface area contributed by atoms with Crippen LogP contribution in [0.5, 0.6) is 0 Å². The third-order valence-electron chi connectivity index (χ3n) is 9.61. The molecule has 0 saturated carbocycles. The Labute approximate surface area is 249 Å². The fraction of sp³-hybridized carbons (Fsp3) is 0.353. The van der Waals surface area contributed by atoms with E-state index in [0.717, 1.165) is 43.9 Å². The highest BCUT2D eigenvalue weighted by Gasteiger charge is 2.57. The van der Waals surface area contributed by atoms with Gasteiger partial charge in [0.1, 0.15) is 5.41 Å². The van der Waals surface area contributed by atoms with Crippen LogP contribution in [0.3, 0.4) is 0 Å². The molecule has 2 aromatic heterocycles. The second-order valence-corrected chi connectivity index (χ2v) is 12.4. The van der Waals surface area contributed by atoms with Gasteiger partial charge in [0.25, 0.3) is 5.56 Å². The Kier molecular flexibility index (Phi) is 6.58. The predicted molar refractivity (Wildman–Crippen MR) is 163 cm³/mol. The van der Waals surface area contributed by atoms with Crippen molar-refractivity contribution < 1.29 is 14.4 Å². The molecular weight excluding hydrogens is 542 g/mol. The molecular formula is C34H35N5O4. The number of carbonyl (C=O) groups is 3. The Hall–Kier alpha value is -4.50. The van der Waals surface area contributed by atoms with Crippen molar-refractivity contribution in [2.45, 2.75) is 31.8 Å². The lowest BCUT2D eigenvalue weighted by atomic mass is 9.75. The minimum absolute atomic E-state index is 0.0170. The summed E-state index contributed by atoms with van der Waals surface area (Å²) in [5.74, 6) is -0.556. The van der Waals surface area contributed by atoms with E-state index in [4.69, 9.17) is 0 Å². The zero-order chi connectivity index (χ0) is 29.9. The average Bonchev–Trinajstić information content (AvgIpc) is 3.35. The van der Waals surface area contributed by atoms with Crippen LogP contribution in [0.1, 0.15) is 29.2 Å². The highest BCUT2D eigenvalue weighted by molar-refractivity contribution is 6.19. The lowest BCUT2D eigenvalue weighted by Crippen LogP contribution is -2.67. The molecule has 0 aliphatic carbocycles. The molecule has 0 radical (unpaired) electrons. The van der Waals surface area contributed by atoms with E-state index in [1.54, 1.807) is 6.07 Å². The first-order valence-electron chi connectivity index (χ1n) is 14.9. The zero-order valence-corrected chi connectivity index (χ0v) is 24.5. The Morgan fingerprint density at radius 2 is 1.51 bits per heavy atom. The first kappa shape index (κ1) is 27.3. The maximum atomic E-state index is 14.2. The van der Waals surface area contributed by atoms with Crippen LogP contribution in [0.15, 0.2) is 83.8 Å². The fourth-order valence-corrected chi connectivity index (χ4v) is 7.68. The number of urea groups is 1. The number of hydrogen-bond donors (Lipinski definition) is 0. The Morgan fingerprint density at radius 3 is 2.28 bits per heavy atom. The van der Waals surface area contributed by atoms with Crippen LogP contribution in [0, 0.1) is 11.3 Å². The summed E-state index contributed by atoms with van der Waals surface area (Å²) in [5, 5.41) is 0.990. The molecule has 5 heterocycles. The molecule has 2 aromatic carbocycles. The summed E-state index contributed by atoms with van der Waals surface area (Å²) in [4.78, 5) is 58.3. The minimum Gasteiger partial charge on any atom is -0.343 e. The standard InChI is InChI=1S/C34H35N5O4/c1-35-31(41)34(32(42)36(2)33(35)43,22-37-17-24-15-25(20-37)28-13-8-14-30(40)39(28)19-24)16-26-21-38(18-23-9-4-3-5-10-23)29-12-7-6-11-27(26)29/h3-14,21,24-25H,15-20,22H2,1-2H3. The first-order valence-corrected chi connectivity index (χ1v) is 14.9. The van der Waals surface area contributed by atoms with Gasteiger partial charge in [-0.2, -0.15) is 0 Å². The Balaban J connectivity index is 1.28. The van der Waals surface area contributed by atoms with E-state index < -0.39 is 23.3 Å². The summed E-state index contributed by atoms with van der Waals surface area (Å²) in [6, 6.07) is 23.1. The van der Waals surface area contributed by atoms with Gasteiger partial charge in [0.2, 0.25) is 11.8 Å². The van der Waals surface area contributed by atoms with Crippen molar-refractivity contribution in [1.82, 2.24) is 23.8 Å². The van der Waals surface area contributed by atoms with Crippen molar-refractivity contribution in [2.75, 3.05) is 33.7 Å². The number of likely N-dealkylation sites (tertiary alicyclic amines) is 1. The highest BCUT2D eigenvalue weighted by Crippen LogP contribution is 2.40. The summed E-state index contributed by atoms with van der Waals surface area (Å²) in [5.41, 5.74) is 2.64. The number of fused-ring (bicyclic) bond motifs is 5. The van der Waals surface area contributed by atoms with E-state index in [0.29, 0.717) is 26.2 Å². The van der Waals surface area contributed by atoms with Crippen molar-refractivity contribution in [3.63, 3.8) is 0 Å². The van der Waals surface area contributed by atoms with Gasteiger partial charge in [-0.25, -0.2) is 4.79 Å². The van der Waals surface area contributed by atoms with E-state index >= 15 is 0 Å². The lowest BCUT2D eigenvalue weighted by Gasteiger charge is -2.48. The highest BCUT2D eigenvalue weighted by atomic mass is 16.2. The number of barbiturate groups is 1. The molecule has 0 N–H and O–H groups in total. The third kappa shape index (κ3) is 4.50.